The lowest BCUT2D eigenvalue weighted by atomic mass is 10.00. The molecule has 120 valence electrons. The number of aromatic nitrogens is 2. The van der Waals surface area contributed by atoms with E-state index in [4.69, 9.17) is 5.10 Å². The molecule has 1 heterocycles. The molecule has 1 aliphatic carbocycles. The van der Waals surface area contributed by atoms with Crippen molar-refractivity contribution in [1.29, 1.82) is 0 Å². The molecular weight excluding hydrogens is 258 g/mol. The smallest absolute Gasteiger partial charge is 0.0640 e. The second-order valence-corrected chi connectivity index (χ2v) is 7.32. The van der Waals surface area contributed by atoms with Crippen LogP contribution < -0.4 is 5.32 Å². The first kappa shape index (κ1) is 16.5. The Bertz CT molecular complexity index is 431. The van der Waals surface area contributed by atoms with Gasteiger partial charge in [-0.2, -0.15) is 5.10 Å². The molecule has 3 heteroatoms. The highest BCUT2D eigenvalue weighted by Crippen LogP contribution is 2.54. The molecule has 1 fully saturated rings. The fraction of sp³-hybridized carbons (Fsp3) is 0.833. The van der Waals surface area contributed by atoms with Crippen LogP contribution in [0, 0.1) is 11.3 Å². The third kappa shape index (κ3) is 4.09. The highest BCUT2D eigenvalue weighted by molar-refractivity contribution is 5.09. The van der Waals surface area contributed by atoms with E-state index in [9.17, 15) is 0 Å². The Morgan fingerprint density at radius 3 is 2.52 bits per heavy atom. The van der Waals surface area contributed by atoms with Crippen molar-refractivity contribution in [2.45, 2.75) is 78.8 Å². The van der Waals surface area contributed by atoms with E-state index in [-0.39, 0.29) is 0 Å². The monoisotopic (exact) mass is 291 g/mol. The highest BCUT2D eigenvalue weighted by atomic mass is 15.3. The van der Waals surface area contributed by atoms with Crippen LogP contribution in [0.5, 0.6) is 0 Å². The van der Waals surface area contributed by atoms with Gasteiger partial charge in [-0.25, -0.2) is 0 Å². The maximum atomic E-state index is 4.83. The summed E-state index contributed by atoms with van der Waals surface area (Å²) in [5.74, 6) is 0.808. The fourth-order valence-corrected chi connectivity index (χ4v) is 3.46. The molecule has 1 aromatic heterocycles. The highest BCUT2D eigenvalue weighted by Gasteiger charge is 2.49. The second-order valence-electron chi connectivity index (χ2n) is 7.32. The summed E-state index contributed by atoms with van der Waals surface area (Å²) in [4.78, 5) is 0. The third-order valence-electron chi connectivity index (χ3n) is 5.14. The molecule has 3 nitrogen and oxygen atoms in total. The van der Waals surface area contributed by atoms with Crippen LogP contribution in [0.1, 0.15) is 72.0 Å². The first-order chi connectivity index (χ1) is 10.0. The molecule has 1 N–H and O–H groups in total. The summed E-state index contributed by atoms with van der Waals surface area (Å²) in [5, 5.41) is 8.59. The maximum Gasteiger partial charge on any atom is 0.0640 e. The van der Waals surface area contributed by atoms with Crippen LogP contribution in [-0.4, -0.2) is 22.4 Å². The number of hydrogen-bond donors (Lipinski definition) is 1. The van der Waals surface area contributed by atoms with Crippen molar-refractivity contribution >= 4 is 0 Å². The van der Waals surface area contributed by atoms with Gasteiger partial charge in [0.05, 0.1) is 11.7 Å². The molecule has 1 aromatic rings. The molecule has 0 amide bonds. The van der Waals surface area contributed by atoms with Crippen molar-refractivity contribution in [3.05, 3.63) is 18.0 Å². The summed E-state index contributed by atoms with van der Waals surface area (Å²) in [6.45, 7) is 12.6. The zero-order valence-electron chi connectivity index (χ0n) is 14.5. The van der Waals surface area contributed by atoms with Crippen molar-refractivity contribution in [1.82, 2.24) is 15.1 Å². The minimum Gasteiger partial charge on any atom is -0.313 e. The molecule has 1 aliphatic rings. The zero-order chi connectivity index (χ0) is 15.5. The average Bonchev–Trinajstić information content (AvgIpc) is 2.86. The molecule has 0 saturated heterocycles. The standard InChI is InChI=1S/C18H33N3/c1-6-10-19-17(16-13-18(16,4)5)12-14-9-11-21(20-14)15(7-2)8-3/h9,11,15-17,19H,6-8,10,12-13H2,1-5H3. The molecule has 2 unspecified atom stereocenters. The lowest BCUT2D eigenvalue weighted by Gasteiger charge is -2.19. The van der Waals surface area contributed by atoms with Crippen LogP contribution in [0.25, 0.3) is 0 Å². The van der Waals surface area contributed by atoms with E-state index in [0.29, 0.717) is 17.5 Å². The van der Waals surface area contributed by atoms with E-state index >= 15 is 0 Å². The normalized spacial score (nSPS) is 21.7. The quantitative estimate of drug-likeness (QED) is 0.739. The van der Waals surface area contributed by atoms with Crippen molar-refractivity contribution in [3.8, 4) is 0 Å². The van der Waals surface area contributed by atoms with Crippen molar-refractivity contribution < 1.29 is 0 Å². The second kappa shape index (κ2) is 6.95. The van der Waals surface area contributed by atoms with Crippen LogP contribution in [-0.2, 0) is 6.42 Å². The van der Waals surface area contributed by atoms with Gasteiger partial charge in [0.1, 0.15) is 0 Å². The van der Waals surface area contributed by atoms with Crippen LogP contribution in [0.3, 0.4) is 0 Å². The molecule has 0 aliphatic heterocycles. The van der Waals surface area contributed by atoms with E-state index in [0.717, 1.165) is 31.7 Å². The number of nitrogens with zero attached hydrogens (tertiary/aromatic N) is 2. The maximum absolute atomic E-state index is 4.83. The molecule has 21 heavy (non-hydrogen) atoms. The van der Waals surface area contributed by atoms with Crippen molar-refractivity contribution in [3.63, 3.8) is 0 Å². The Morgan fingerprint density at radius 1 is 1.33 bits per heavy atom. The molecule has 2 atom stereocenters. The van der Waals surface area contributed by atoms with E-state index in [1.807, 2.05) is 0 Å². The zero-order valence-corrected chi connectivity index (χ0v) is 14.5. The molecular formula is C18H33N3. The summed E-state index contributed by atoms with van der Waals surface area (Å²) >= 11 is 0. The third-order valence-corrected chi connectivity index (χ3v) is 5.14. The van der Waals surface area contributed by atoms with Gasteiger partial charge in [0.15, 0.2) is 0 Å². The van der Waals surface area contributed by atoms with Gasteiger partial charge in [-0.15, -0.1) is 0 Å². The summed E-state index contributed by atoms with van der Waals surface area (Å²) in [7, 11) is 0. The lowest BCUT2D eigenvalue weighted by Crippen LogP contribution is -2.35. The van der Waals surface area contributed by atoms with E-state index in [2.05, 4.69) is 56.9 Å². The lowest BCUT2D eigenvalue weighted by molar-refractivity contribution is 0.391. The predicted molar refractivity (Wildman–Crippen MR) is 89.5 cm³/mol. The Balaban J connectivity index is 2.00. The van der Waals surface area contributed by atoms with Crippen LogP contribution in [0.4, 0.5) is 0 Å². The SMILES string of the molecule is CCCNC(Cc1ccn(C(CC)CC)n1)C1CC1(C)C. The van der Waals surface area contributed by atoms with Gasteiger partial charge in [0.25, 0.3) is 0 Å². The van der Waals surface area contributed by atoms with Crippen LogP contribution in [0.2, 0.25) is 0 Å². The average molecular weight is 291 g/mol. The topological polar surface area (TPSA) is 29.9 Å². The Hall–Kier alpha value is -0.830. The van der Waals surface area contributed by atoms with Crippen LogP contribution in [0.15, 0.2) is 12.3 Å². The summed E-state index contributed by atoms with van der Waals surface area (Å²) in [6.07, 6.45) is 8.10. The van der Waals surface area contributed by atoms with Gasteiger partial charge in [0.2, 0.25) is 0 Å². The first-order valence-corrected chi connectivity index (χ1v) is 8.79. The Labute approximate surface area is 130 Å². The number of nitrogens with one attached hydrogen (secondary N) is 1. The van der Waals surface area contributed by atoms with Crippen molar-refractivity contribution in [2.24, 2.45) is 11.3 Å². The van der Waals surface area contributed by atoms with E-state index in [1.54, 1.807) is 0 Å². The number of hydrogen-bond acceptors (Lipinski definition) is 2. The van der Waals surface area contributed by atoms with Gasteiger partial charge < -0.3 is 5.32 Å². The van der Waals surface area contributed by atoms with E-state index in [1.165, 1.54) is 18.5 Å². The van der Waals surface area contributed by atoms with Gasteiger partial charge in [0, 0.05) is 18.7 Å². The van der Waals surface area contributed by atoms with E-state index < -0.39 is 0 Å². The molecule has 2 rings (SSSR count). The fourth-order valence-electron chi connectivity index (χ4n) is 3.46. The number of rotatable bonds is 9. The largest absolute Gasteiger partial charge is 0.313 e. The van der Waals surface area contributed by atoms with Gasteiger partial charge in [-0.1, -0.05) is 34.6 Å². The minimum atomic E-state index is 0.517. The van der Waals surface area contributed by atoms with Crippen molar-refractivity contribution in [2.75, 3.05) is 6.54 Å². The summed E-state index contributed by atoms with van der Waals surface area (Å²) in [5.41, 5.74) is 1.77. The molecule has 0 spiro atoms. The predicted octanol–water partition coefficient (Wildman–Crippen LogP) is 4.20. The first-order valence-electron chi connectivity index (χ1n) is 8.79. The molecule has 1 saturated carbocycles. The van der Waals surface area contributed by atoms with Crippen LogP contribution >= 0.6 is 0 Å². The summed E-state index contributed by atoms with van der Waals surface area (Å²) < 4.78 is 2.17. The summed E-state index contributed by atoms with van der Waals surface area (Å²) in [6, 6.07) is 3.36. The van der Waals surface area contributed by atoms with Gasteiger partial charge in [-0.3, -0.25) is 4.68 Å². The Morgan fingerprint density at radius 2 is 2.00 bits per heavy atom. The molecule has 0 radical (unpaired) electrons. The minimum absolute atomic E-state index is 0.517. The van der Waals surface area contributed by atoms with Gasteiger partial charge in [-0.05, 0) is 49.6 Å². The Kier molecular flexibility index (Phi) is 5.48. The molecule has 0 bridgehead atoms. The molecule has 0 aromatic carbocycles. The van der Waals surface area contributed by atoms with Gasteiger partial charge >= 0.3 is 0 Å².